The number of hydrogen-bond acceptors (Lipinski definition) is 7. The summed E-state index contributed by atoms with van der Waals surface area (Å²) in [4.78, 5) is 44.0. The molecule has 0 saturated heterocycles. The average Bonchev–Trinajstić information content (AvgIpc) is 3.43. The maximum Gasteiger partial charge on any atom is 0.490 e. The smallest absolute Gasteiger partial charge is 0.490 e. The first-order valence-corrected chi connectivity index (χ1v) is 12.6. The summed E-state index contributed by atoms with van der Waals surface area (Å²) in [6, 6.07) is 19.0. The number of carbonyl (C=O) groups excluding carboxylic acids is 1. The molecule has 1 aliphatic heterocycles. The van der Waals surface area contributed by atoms with Crippen LogP contribution in [-0.4, -0.2) is 81.6 Å². The van der Waals surface area contributed by atoms with Gasteiger partial charge in [-0.3, -0.25) is 15.0 Å². The van der Waals surface area contributed by atoms with E-state index in [0.717, 1.165) is 6.54 Å². The van der Waals surface area contributed by atoms with Gasteiger partial charge in [0.2, 0.25) is 5.95 Å². The zero-order chi connectivity index (χ0) is 31.5. The molecule has 0 radical (unpaired) electrons. The van der Waals surface area contributed by atoms with Gasteiger partial charge in [0, 0.05) is 29.3 Å². The van der Waals surface area contributed by atoms with Gasteiger partial charge in [0.15, 0.2) is 5.72 Å². The monoisotopic (exact) mass is 601 g/mol. The quantitative estimate of drug-likeness (QED) is 0.210. The number of halogens is 3. The lowest BCUT2D eigenvalue weighted by molar-refractivity contribution is -0.192. The molecule has 15 heteroatoms. The number of aliphatic carboxylic acids is 1. The molecule has 1 atom stereocenters. The van der Waals surface area contributed by atoms with Gasteiger partial charge in [-0.05, 0) is 44.4 Å². The fraction of sp³-hybridized carbons (Fsp3) is 0.214. The van der Waals surface area contributed by atoms with Crippen LogP contribution < -0.4 is 15.0 Å². The lowest BCUT2D eigenvalue weighted by atomic mass is 9.93. The van der Waals surface area contributed by atoms with Gasteiger partial charge < -0.3 is 29.9 Å². The first-order chi connectivity index (χ1) is 20.2. The lowest BCUT2D eigenvalue weighted by Crippen LogP contribution is -2.45. The van der Waals surface area contributed by atoms with Gasteiger partial charge in [-0.1, -0.05) is 30.3 Å². The number of nitrogens with zero attached hydrogens (tertiary/aromatic N) is 3. The summed E-state index contributed by atoms with van der Waals surface area (Å²) in [6.07, 6.45) is -6.33. The van der Waals surface area contributed by atoms with Crippen LogP contribution in [0.5, 0.6) is 5.75 Å². The number of fused-ring (bicyclic) bond motifs is 2. The minimum Gasteiger partial charge on any atom is -0.492 e. The Morgan fingerprint density at radius 3 is 2.42 bits per heavy atom. The van der Waals surface area contributed by atoms with Crippen LogP contribution in [-0.2, 0) is 10.5 Å². The van der Waals surface area contributed by atoms with E-state index >= 15 is 0 Å². The first-order valence-electron chi connectivity index (χ1n) is 12.6. The number of aliphatic hydroxyl groups is 1. The maximum absolute atomic E-state index is 13.6. The number of amides is 2. The highest BCUT2D eigenvalue weighted by atomic mass is 19.4. The average molecular weight is 602 g/mol. The SMILES string of the molecule is CN(C)CCOc1cccc(N2C(=O)c3ccccc3C2(O)c2ccc3[nH]c(NC(=O)O)nc3c2)c1.O=C(O)C(F)(F)F. The number of imidazole rings is 1. The van der Waals surface area contributed by atoms with Crippen molar-refractivity contribution < 1.29 is 47.6 Å². The molecule has 0 spiro atoms. The van der Waals surface area contributed by atoms with Gasteiger partial charge in [0.1, 0.15) is 12.4 Å². The molecular weight excluding hydrogens is 575 g/mol. The Labute approximate surface area is 241 Å². The number of alkyl halides is 3. The Morgan fingerprint density at radius 2 is 1.77 bits per heavy atom. The van der Waals surface area contributed by atoms with Crippen LogP contribution in [0.15, 0.2) is 66.7 Å². The van der Waals surface area contributed by atoms with Gasteiger partial charge in [0.05, 0.1) is 16.7 Å². The Morgan fingerprint density at radius 1 is 1.07 bits per heavy atom. The molecule has 0 fully saturated rings. The van der Waals surface area contributed by atoms with Crippen molar-refractivity contribution in [1.29, 1.82) is 0 Å². The molecule has 2 heterocycles. The summed E-state index contributed by atoms with van der Waals surface area (Å²) < 4.78 is 37.6. The van der Waals surface area contributed by atoms with Crippen molar-refractivity contribution in [2.45, 2.75) is 11.9 Å². The number of likely N-dealkylation sites (N-methyl/N-ethyl adjacent to an activating group) is 1. The van der Waals surface area contributed by atoms with Gasteiger partial charge >= 0.3 is 18.2 Å². The molecule has 3 aromatic carbocycles. The lowest BCUT2D eigenvalue weighted by Gasteiger charge is -2.35. The Kier molecular flexibility index (Phi) is 8.59. The predicted octanol–water partition coefficient (Wildman–Crippen LogP) is 4.08. The van der Waals surface area contributed by atoms with Crippen molar-refractivity contribution >= 4 is 40.6 Å². The number of carboxylic acid groups (broad SMARTS) is 2. The number of carbonyl (C=O) groups is 3. The van der Waals surface area contributed by atoms with E-state index in [9.17, 15) is 27.9 Å². The molecular formula is C28H26F3N5O7. The molecule has 1 aliphatic rings. The van der Waals surface area contributed by atoms with Crippen molar-refractivity contribution in [2.24, 2.45) is 0 Å². The number of nitrogens with one attached hydrogen (secondary N) is 2. The van der Waals surface area contributed by atoms with E-state index in [0.29, 0.717) is 45.8 Å². The summed E-state index contributed by atoms with van der Waals surface area (Å²) in [6.45, 7) is 1.20. The molecule has 1 aromatic heterocycles. The predicted molar refractivity (Wildman–Crippen MR) is 148 cm³/mol. The van der Waals surface area contributed by atoms with E-state index < -0.39 is 24.0 Å². The third-order valence-electron chi connectivity index (χ3n) is 6.30. The number of benzene rings is 3. The summed E-state index contributed by atoms with van der Waals surface area (Å²) >= 11 is 0. The first kappa shape index (κ1) is 30.8. The normalized spacial score (nSPS) is 16.1. The van der Waals surface area contributed by atoms with Crippen LogP contribution in [0.1, 0.15) is 21.5 Å². The van der Waals surface area contributed by atoms with Crippen LogP contribution in [0.25, 0.3) is 11.0 Å². The molecule has 0 aliphatic carbocycles. The second-order valence-corrected chi connectivity index (χ2v) is 9.56. The topological polar surface area (TPSA) is 168 Å². The van der Waals surface area contributed by atoms with E-state index in [4.69, 9.17) is 19.7 Å². The summed E-state index contributed by atoms with van der Waals surface area (Å²) in [7, 11) is 3.91. The van der Waals surface area contributed by atoms with Gasteiger partial charge in [-0.15, -0.1) is 0 Å². The van der Waals surface area contributed by atoms with Gasteiger partial charge in [-0.25, -0.2) is 14.6 Å². The molecule has 1 unspecified atom stereocenters. The molecule has 0 bridgehead atoms. The van der Waals surface area contributed by atoms with E-state index in [1.54, 1.807) is 66.7 Å². The molecule has 4 aromatic rings. The maximum atomic E-state index is 13.6. The molecule has 0 saturated carbocycles. The van der Waals surface area contributed by atoms with E-state index in [-0.39, 0.29) is 11.9 Å². The highest BCUT2D eigenvalue weighted by Gasteiger charge is 2.50. The van der Waals surface area contributed by atoms with Crippen molar-refractivity contribution in [3.05, 3.63) is 83.4 Å². The zero-order valence-electron chi connectivity index (χ0n) is 22.7. The van der Waals surface area contributed by atoms with Crippen LogP contribution in [0, 0.1) is 0 Å². The van der Waals surface area contributed by atoms with Crippen molar-refractivity contribution in [3.63, 3.8) is 0 Å². The third kappa shape index (κ3) is 6.52. The standard InChI is InChI=1S/C26H25N5O5.C2HF3O2/c1-30(2)12-13-36-18-7-5-6-17(15-18)31-23(32)19-8-3-4-9-20(19)26(31,35)16-10-11-21-22(14-16)28-24(27-21)29-25(33)34;3-2(4,5)1(6)7/h3-11,14-15,35H,12-13H2,1-2H3,(H,33,34)(H2,27,28,29);(H,6,7). The number of anilines is 2. The number of rotatable bonds is 7. The number of carboxylic acids is 1. The highest BCUT2D eigenvalue weighted by molar-refractivity contribution is 6.12. The number of ether oxygens (including phenoxy) is 1. The summed E-state index contributed by atoms with van der Waals surface area (Å²) in [5.74, 6) is -2.47. The Balaban J connectivity index is 0.000000541. The number of hydrogen-bond donors (Lipinski definition) is 5. The number of aromatic amines is 1. The van der Waals surface area contributed by atoms with Crippen LogP contribution in [0.2, 0.25) is 0 Å². The van der Waals surface area contributed by atoms with Crippen molar-refractivity contribution in [2.75, 3.05) is 37.5 Å². The van der Waals surface area contributed by atoms with Crippen LogP contribution >= 0.6 is 0 Å². The molecule has 12 nitrogen and oxygen atoms in total. The van der Waals surface area contributed by atoms with Crippen LogP contribution in [0.4, 0.5) is 29.6 Å². The largest absolute Gasteiger partial charge is 0.492 e. The molecule has 43 heavy (non-hydrogen) atoms. The van der Waals surface area contributed by atoms with Crippen LogP contribution in [0.3, 0.4) is 0 Å². The van der Waals surface area contributed by atoms with Gasteiger partial charge in [-0.2, -0.15) is 13.2 Å². The number of aromatic nitrogens is 2. The zero-order valence-corrected chi connectivity index (χ0v) is 22.7. The summed E-state index contributed by atoms with van der Waals surface area (Å²) in [5.41, 5.74) is 0.872. The summed E-state index contributed by atoms with van der Waals surface area (Å²) in [5, 5.41) is 30.6. The number of H-pyrrole nitrogens is 1. The van der Waals surface area contributed by atoms with E-state index in [2.05, 4.69) is 15.3 Å². The minimum absolute atomic E-state index is 0.0592. The fourth-order valence-electron chi connectivity index (χ4n) is 4.39. The highest BCUT2D eigenvalue weighted by Crippen LogP contribution is 2.45. The van der Waals surface area contributed by atoms with Crippen molar-refractivity contribution in [3.8, 4) is 5.75 Å². The van der Waals surface area contributed by atoms with E-state index in [1.165, 1.54) is 4.90 Å². The molecule has 5 rings (SSSR count). The molecule has 2 amide bonds. The second kappa shape index (κ2) is 12.0. The Bertz CT molecular complexity index is 1670. The molecule has 226 valence electrons. The van der Waals surface area contributed by atoms with Gasteiger partial charge in [0.25, 0.3) is 5.91 Å². The Hall–Kier alpha value is -5.15. The second-order valence-electron chi connectivity index (χ2n) is 9.56. The minimum atomic E-state index is -5.08. The fourth-order valence-corrected chi connectivity index (χ4v) is 4.39. The third-order valence-corrected chi connectivity index (χ3v) is 6.30. The molecule has 5 N–H and O–H groups in total. The van der Waals surface area contributed by atoms with Crippen molar-refractivity contribution in [1.82, 2.24) is 14.9 Å². The van der Waals surface area contributed by atoms with E-state index in [1.807, 2.05) is 19.0 Å².